The van der Waals surface area contributed by atoms with Gasteiger partial charge in [-0.1, -0.05) is 20.8 Å². The van der Waals surface area contributed by atoms with Gasteiger partial charge in [0, 0.05) is 23.1 Å². The van der Waals surface area contributed by atoms with Gasteiger partial charge in [-0.25, -0.2) is 4.98 Å². The molecule has 1 aromatic heterocycles. The molecule has 0 spiro atoms. The summed E-state index contributed by atoms with van der Waals surface area (Å²) in [6.07, 6.45) is 1.69. The smallest absolute Gasteiger partial charge is 0.213 e. The monoisotopic (exact) mass is 299 g/mol. The standard InChI is InChI=1S/C13H21N3OS2/c1-13(2,3)19-8-7-14-12(18)16-10-5-6-11(17-4)15-9-10/h5-6,9H,7-8H2,1-4H3,(H2,14,16,18). The van der Waals surface area contributed by atoms with Gasteiger partial charge >= 0.3 is 0 Å². The molecule has 0 atom stereocenters. The number of hydrogen-bond donors (Lipinski definition) is 2. The minimum atomic E-state index is 0.288. The van der Waals surface area contributed by atoms with Crippen molar-refractivity contribution in [2.45, 2.75) is 25.5 Å². The molecule has 0 aliphatic carbocycles. The van der Waals surface area contributed by atoms with E-state index in [1.165, 1.54) is 0 Å². The van der Waals surface area contributed by atoms with Crippen molar-refractivity contribution in [1.29, 1.82) is 0 Å². The van der Waals surface area contributed by atoms with Crippen LogP contribution in [0.25, 0.3) is 0 Å². The summed E-state index contributed by atoms with van der Waals surface area (Å²) in [6.45, 7) is 7.46. The summed E-state index contributed by atoms with van der Waals surface area (Å²) in [5.74, 6) is 1.61. The zero-order valence-corrected chi connectivity index (χ0v) is 13.5. The highest BCUT2D eigenvalue weighted by Crippen LogP contribution is 2.22. The van der Waals surface area contributed by atoms with Crippen molar-refractivity contribution in [2.75, 3.05) is 24.7 Å². The van der Waals surface area contributed by atoms with E-state index in [9.17, 15) is 0 Å². The molecule has 106 valence electrons. The molecule has 2 N–H and O–H groups in total. The van der Waals surface area contributed by atoms with E-state index in [0.717, 1.165) is 18.0 Å². The van der Waals surface area contributed by atoms with Crippen molar-refractivity contribution in [3.63, 3.8) is 0 Å². The second-order valence-corrected chi connectivity index (χ2v) is 7.26. The largest absolute Gasteiger partial charge is 0.481 e. The molecule has 0 radical (unpaired) electrons. The van der Waals surface area contributed by atoms with Crippen LogP contribution in [0.15, 0.2) is 18.3 Å². The minimum Gasteiger partial charge on any atom is -0.481 e. The van der Waals surface area contributed by atoms with Crippen molar-refractivity contribution < 1.29 is 4.74 Å². The molecule has 6 heteroatoms. The summed E-state index contributed by atoms with van der Waals surface area (Å²) in [5, 5.41) is 6.87. The van der Waals surface area contributed by atoms with E-state index in [1.807, 2.05) is 17.8 Å². The lowest BCUT2D eigenvalue weighted by Crippen LogP contribution is -2.31. The van der Waals surface area contributed by atoms with Gasteiger partial charge in [-0.05, 0) is 18.3 Å². The van der Waals surface area contributed by atoms with E-state index >= 15 is 0 Å². The molecule has 0 fully saturated rings. The van der Waals surface area contributed by atoms with Crippen LogP contribution in [-0.2, 0) is 0 Å². The second kappa shape index (κ2) is 7.55. The Morgan fingerprint density at radius 3 is 2.68 bits per heavy atom. The average Bonchev–Trinajstić information content (AvgIpc) is 2.34. The maximum atomic E-state index is 5.21. The predicted molar refractivity (Wildman–Crippen MR) is 87.2 cm³/mol. The van der Waals surface area contributed by atoms with Gasteiger partial charge in [-0.3, -0.25) is 0 Å². The number of rotatable bonds is 5. The molecule has 0 saturated heterocycles. The van der Waals surface area contributed by atoms with E-state index in [-0.39, 0.29) is 4.75 Å². The number of methoxy groups -OCH3 is 1. The van der Waals surface area contributed by atoms with Gasteiger partial charge in [0.15, 0.2) is 5.11 Å². The van der Waals surface area contributed by atoms with Crippen LogP contribution in [0.1, 0.15) is 20.8 Å². The summed E-state index contributed by atoms with van der Waals surface area (Å²) in [7, 11) is 1.59. The average molecular weight is 299 g/mol. The fourth-order valence-corrected chi connectivity index (χ4v) is 2.31. The second-order valence-electron chi connectivity index (χ2n) is 4.93. The molecule has 19 heavy (non-hydrogen) atoms. The lowest BCUT2D eigenvalue weighted by molar-refractivity contribution is 0.398. The number of nitrogens with one attached hydrogen (secondary N) is 2. The molecule has 0 amide bonds. The van der Waals surface area contributed by atoms with E-state index in [4.69, 9.17) is 17.0 Å². The van der Waals surface area contributed by atoms with Crippen LogP contribution in [-0.4, -0.2) is 34.3 Å². The number of nitrogens with zero attached hydrogens (tertiary/aromatic N) is 1. The SMILES string of the molecule is COc1ccc(NC(=S)NCCSC(C)(C)C)cn1. The van der Waals surface area contributed by atoms with Crippen LogP contribution >= 0.6 is 24.0 Å². The Labute approximate surface area is 124 Å². The highest BCUT2D eigenvalue weighted by Gasteiger charge is 2.09. The zero-order chi connectivity index (χ0) is 14.3. The van der Waals surface area contributed by atoms with Gasteiger partial charge in [-0.2, -0.15) is 11.8 Å². The van der Waals surface area contributed by atoms with Gasteiger partial charge in [0.1, 0.15) is 0 Å². The number of thiocarbonyl (C=S) groups is 1. The highest BCUT2D eigenvalue weighted by molar-refractivity contribution is 8.00. The van der Waals surface area contributed by atoms with Crippen LogP contribution in [0, 0.1) is 0 Å². The van der Waals surface area contributed by atoms with E-state index < -0.39 is 0 Å². The molecule has 4 nitrogen and oxygen atoms in total. The Balaban J connectivity index is 2.27. The Morgan fingerprint density at radius 2 is 2.16 bits per heavy atom. The molecule has 0 saturated carbocycles. The van der Waals surface area contributed by atoms with Crippen LogP contribution in [0.5, 0.6) is 5.88 Å². The Hall–Kier alpha value is -1.01. The van der Waals surface area contributed by atoms with Crippen LogP contribution in [0.4, 0.5) is 5.69 Å². The summed E-state index contributed by atoms with van der Waals surface area (Å²) >= 11 is 7.12. The molecule has 0 unspecified atom stereocenters. The number of aromatic nitrogens is 1. The zero-order valence-electron chi connectivity index (χ0n) is 11.8. The Morgan fingerprint density at radius 1 is 1.42 bits per heavy atom. The van der Waals surface area contributed by atoms with Gasteiger partial charge in [0.25, 0.3) is 0 Å². The fraction of sp³-hybridized carbons (Fsp3) is 0.538. The number of thioether (sulfide) groups is 1. The first-order valence-corrected chi connectivity index (χ1v) is 7.49. The number of pyridine rings is 1. The third kappa shape index (κ3) is 7.22. The molecule has 0 aliphatic heterocycles. The fourth-order valence-electron chi connectivity index (χ4n) is 1.27. The van der Waals surface area contributed by atoms with Gasteiger partial charge in [-0.15, -0.1) is 0 Å². The molecular weight excluding hydrogens is 278 g/mol. The Kier molecular flexibility index (Phi) is 6.37. The Bertz CT molecular complexity index is 401. The van der Waals surface area contributed by atoms with E-state index in [0.29, 0.717) is 11.0 Å². The van der Waals surface area contributed by atoms with E-state index in [2.05, 4.69) is 36.4 Å². The summed E-state index contributed by atoms with van der Waals surface area (Å²) in [5.41, 5.74) is 0.849. The van der Waals surface area contributed by atoms with Gasteiger partial charge < -0.3 is 15.4 Å². The summed E-state index contributed by atoms with van der Waals surface area (Å²) in [6, 6.07) is 3.67. The molecule has 0 bridgehead atoms. The van der Waals surface area contributed by atoms with Crippen molar-refractivity contribution >= 4 is 34.8 Å². The van der Waals surface area contributed by atoms with Crippen molar-refractivity contribution in [3.8, 4) is 5.88 Å². The van der Waals surface area contributed by atoms with Crippen LogP contribution in [0.3, 0.4) is 0 Å². The maximum Gasteiger partial charge on any atom is 0.213 e. The molecule has 0 aromatic carbocycles. The maximum absolute atomic E-state index is 5.21. The first-order chi connectivity index (χ1) is 8.90. The minimum absolute atomic E-state index is 0.288. The quantitative estimate of drug-likeness (QED) is 0.644. The third-order valence-corrected chi connectivity index (χ3v) is 3.65. The van der Waals surface area contributed by atoms with Crippen LogP contribution in [0.2, 0.25) is 0 Å². The lowest BCUT2D eigenvalue weighted by atomic mass is 10.3. The summed E-state index contributed by atoms with van der Waals surface area (Å²) < 4.78 is 5.28. The summed E-state index contributed by atoms with van der Waals surface area (Å²) in [4.78, 5) is 4.10. The van der Waals surface area contributed by atoms with Crippen molar-refractivity contribution in [3.05, 3.63) is 18.3 Å². The lowest BCUT2D eigenvalue weighted by Gasteiger charge is -2.18. The first kappa shape index (κ1) is 16.0. The van der Waals surface area contributed by atoms with Crippen molar-refractivity contribution in [2.24, 2.45) is 0 Å². The third-order valence-electron chi connectivity index (χ3n) is 2.13. The number of ether oxygens (including phenoxy) is 1. The number of hydrogen-bond acceptors (Lipinski definition) is 4. The van der Waals surface area contributed by atoms with Crippen LogP contribution < -0.4 is 15.4 Å². The van der Waals surface area contributed by atoms with Crippen molar-refractivity contribution in [1.82, 2.24) is 10.3 Å². The molecular formula is C13H21N3OS2. The topological polar surface area (TPSA) is 46.2 Å². The molecule has 1 rings (SSSR count). The first-order valence-electron chi connectivity index (χ1n) is 6.09. The van der Waals surface area contributed by atoms with E-state index in [1.54, 1.807) is 19.4 Å². The highest BCUT2D eigenvalue weighted by atomic mass is 32.2. The predicted octanol–water partition coefficient (Wildman–Crippen LogP) is 2.91. The number of anilines is 1. The molecule has 1 heterocycles. The molecule has 1 aromatic rings. The normalized spacial score (nSPS) is 10.9. The molecule has 0 aliphatic rings. The van der Waals surface area contributed by atoms with Gasteiger partial charge in [0.2, 0.25) is 5.88 Å². The van der Waals surface area contributed by atoms with Gasteiger partial charge in [0.05, 0.1) is 19.0 Å².